The standard InChI is InChI=1S/C13H17NO2/c1-13(2,16)10-5-6-11-9(8-10)4-7-12(15)14(11)3/h5-6,8,16H,4,7H2,1-3H3. The van der Waals surface area contributed by atoms with Crippen LogP contribution in [0, 0.1) is 0 Å². The highest BCUT2D eigenvalue weighted by atomic mass is 16.3. The van der Waals surface area contributed by atoms with Gasteiger partial charge in [-0.15, -0.1) is 0 Å². The normalized spacial score (nSPS) is 16.2. The molecule has 0 spiro atoms. The number of carbonyl (C=O) groups is 1. The third kappa shape index (κ3) is 1.83. The number of aryl methyl sites for hydroxylation is 1. The lowest BCUT2D eigenvalue weighted by Gasteiger charge is -2.28. The maximum atomic E-state index is 11.5. The van der Waals surface area contributed by atoms with Crippen LogP contribution in [-0.4, -0.2) is 18.1 Å². The van der Waals surface area contributed by atoms with E-state index in [1.807, 2.05) is 18.2 Å². The fourth-order valence-electron chi connectivity index (χ4n) is 2.04. The average molecular weight is 219 g/mol. The van der Waals surface area contributed by atoms with Crippen molar-refractivity contribution in [1.82, 2.24) is 0 Å². The summed E-state index contributed by atoms with van der Waals surface area (Å²) in [5, 5.41) is 9.93. The lowest BCUT2D eigenvalue weighted by molar-refractivity contribution is -0.118. The molecule has 0 unspecified atom stereocenters. The van der Waals surface area contributed by atoms with Crippen LogP contribution in [0.1, 0.15) is 31.4 Å². The summed E-state index contributed by atoms with van der Waals surface area (Å²) >= 11 is 0. The first-order chi connectivity index (χ1) is 7.39. The van der Waals surface area contributed by atoms with Crippen LogP contribution in [0.25, 0.3) is 0 Å². The van der Waals surface area contributed by atoms with Crippen molar-refractivity contribution in [2.75, 3.05) is 11.9 Å². The van der Waals surface area contributed by atoms with Crippen LogP contribution in [0.15, 0.2) is 18.2 Å². The Morgan fingerprint density at radius 1 is 1.31 bits per heavy atom. The van der Waals surface area contributed by atoms with Gasteiger partial charge in [0.05, 0.1) is 5.60 Å². The van der Waals surface area contributed by atoms with Gasteiger partial charge in [-0.2, -0.15) is 0 Å². The Balaban J connectivity index is 2.45. The number of fused-ring (bicyclic) bond motifs is 1. The molecule has 3 nitrogen and oxygen atoms in total. The zero-order valence-electron chi connectivity index (χ0n) is 9.95. The number of benzene rings is 1. The van der Waals surface area contributed by atoms with Crippen molar-refractivity contribution < 1.29 is 9.90 Å². The van der Waals surface area contributed by atoms with Crippen LogP contribution in [0.4, 0.5) is 5.69 Å². The summed E-state index contributed by atoms with van der Waals surface area (Å²) in [5.74, 6) is 0.156. The summed E-state index contributed by atoms with van der Waals surface area (Å²) in [4.78, 5) is 13.2. The van der Waals surface area contributed by atoms with Crippen LogP contribution < -0.4 is 4.90 Å². The molecule has 1 aliphatic rings. The van der Waals surface area contributed by atoms with Gasteiger partial charge in [-0.3, -0.25) is 4.79 Å². The van der Waals surface area contributed by atoms with Crippen LogP contribution in [0.2, 0.25) is 0 Å². The first kappa shape index (κ1) is 11.1. The average Bonchev–Trinajstić information content (AvgIpc) is 2.22. The molecule has 1 N–H and O–H groups in total. The highest BCUT2D eigenvalue weighted by molar-refractivity contribution is 5.95. The maximum Gasteiger partial charge on any atom is 0.227 e. The van der Waals surface area contributed by atoms with E-state index in [4.69, 9.17) is 0 Å². The second kappa shape index (κ2) is 3.59. The molecule has 0 saturated heterocycles. The number of carbonyl (C=O) groups excluding carboxylic acids is 1. The van der Waals surface area contributed by atoms with E-state index in [0.29, 0.717) is 6.42 Å². The van der Waals surface area contributed by atoms with Gasteiger partial charge in [0.15, 0.2) is 0 Å². The Labute approximate surface area is 95.7 Å². The predicted octanol–water partition coefficient (Wildman–Crippen LogP) is 1.82. The summed E-state index contributed by atoms with van der Waals surface area (Å²) in [6, 6.07) is 5.80. The van der Waals surface area contributed by atoms with E-state index in [2.05, 4.69) is 0 Å². The van der Waals surface area contributed by atoms with Crippen LogP contribution in [0.5, 0.6) is 0 Å². The van der Waals surface area contributed by atoms with Crippen molar-refractivity contribution in [2.24, 2.45) is 0 Å². The number of nitrogens with zero attached hydrogens (tertiary/aromatic N) is 1. The quantitative estimate of drug-likeness (QED) is 0.782. The van der Waals surface area contributed by atoms with Gasteiger partial charge in [0.25, 0.3) is 0 Å². The predicted molar refractivity (Wildman–Crippen MR) is 63.4 cm³/mol. The Bertz CT molecular complexity index is 432. The van der Waals surface area contributed by atoms with Gasteiger partial charge in [0.1, 0.15) is 0 Å². The first-order valence-electron chi connectivity index (χ1n) is 5.52. The number of anilines is 1. The Morgan fingerprint density at radius 3 is 2.62 bits per heavy atom. The van der Waals surface area contributed by atoms with Crippen LogP contribution >= 0.6 is 0 Å². The molecule has 1 aromatic carbocycles. The van der Waals surface area contributed by atoms with E-state index in [1.165, 1.54) is 0 Å². The fourth-order valence-corrected chi connectivity index (χ4v) is 2.04. The highest BCUT2D eigenvalue weighted by Crippen LogP contribution is 2.30. The van der Waals surface area contributed by atoms with Gasteiger partial charge in [-0.1, -0.05) is 12.1 Å². The third-order valence-corrected chi connectivity index (χ3v) is 3.13. The number of hydrogen-bond acceptors (Lipinski definition) is 2. The van der Waals surface area contributed by atoms with Gasteiger partial charge in [0, 0.05) is 19.2 Å². The molecule has 0 fully saturated rings. The van der Waals surface area contributed by atoms with Crippen molar-refractivity contribution in [2.45, 2.75) is 32.3 Å². The summed E-state index contributed by atoms with van der Waals surface area (Å²) in [5.41, 5.74) is 2.18. The zero-order chi connectivity index (χ0) is 11.9. The van der Waals surface area contributed by atoms with E-state index in [1.54, 1.807) is 25.8 Å². The molecule has 1 aromatic rings. The fraction of sp³-hybridized carbons (Fsp3) is 0.462. The minimum absolute atomic E-state index is 0.156. The molecule has 0 aliphatic carbocycles. The lowest BCUT2D eigenvalue weighted by atomic mass is 9.92. The highest BCUT2D eigenvalue weighted by Gasteiger charge is 2.23. The van der Waals surface area contributed by atoms with Gasteiger partial charge >= 0.3 is 0 Å². The Kier molecular flexibility index (Phi) is 2.50. The maximum absolute atomic E-state index is 11.5. The molecule has 16 heavy (non-hydrogen) atoms. The smallest absolute Gasteiger partial charge is 0.227 e. The minimum atomic E-state index is -0.824. The molecule has 0 bridgehead atoms. The molecule has 0 aromatic heterocycles. The molecule has 2 rings (SSSR count). The van der Waals surface area contributed by atoms with Crippen molar-refractivity contribution in [3.63, 3.8) is 0 Å². The molecule has 86 valence electrons. The van der Waals surface area contributed by atoms with Crippen LogP contribution in [0.3, 0.4) is 0 Å². The van der Waals surface area contributed by atoms with Crippen LogP contribution in [-0.2, 0) is 16.8 Å². The Morgan fingerprint density at radius 2 is 2.00 bits per heavy atom. The summed E-state index contributed by atoms with van der Waals surface area (Å²) < 4.78 is 0. The number of aliphatic hydroxyl groups is 1. The molecule has 0 radical (unpaired) electrons. The molecule has 0 saturated carbocycles. The van der Waals surface area contributed by atoms with Gasteiger partial charge in [0.2, 0.25) is 5.91 Å². The summed E-state index contributed by atoms with van der Waals surface area (Å²) in [6.45, 7) is 3.54. The summed E-state index contributed by atoms with van der Waals surface area (Å²) in [6.07, 6.45) is 1.32. The van der Waals surface area contributed by atoms with Crippen molar-refractivity contribution in [3.8, 4) is 0 Å². The molecular weight excluding hydrogens is 202 g/mol. The SMILES string of the molecule is CN1C(=O)CCc2cc(C(C)(C)O)ccc21. The molecular formula is C13H17NO2. The number of rotatable bonds is 1. The van der Waals surface area contributed by atoms with Gasteiger partial charge in [-0.25, -0.2) is 0 Å². The molecule has 1 amide bonds. The molecule has 1 aliphatic heterocycles. The monoisotopic (exact) mass is 219 g/mol. The van der Waals surface area contributed by atoms with E-state index in [0.717, 1.165) is 23.2 Å². The van der Waals surface area contributed by atoms with E-state index in [9.17, 15) is 9.90 Å². The zero-order valence-corrected chi connectivity index (χ0v) is 9.95. The lowest BCUT2D eigenvalue weighted by Crippen LogP contribution is -2.31. The third-order valence-electron chi connectivity index (χ3n) is 3.13. The van der Waals surface area contributed by atoms with Crippen molar-refractivity contribution >= 4 is 11.6 Å². The Hall–Kier alpha value is -1.35. The molecule has 3 heteroatoms. The molecule has 0 atom stereocenters. The topological polar surface area (TPSA) is 40.5 Å². The summed E-state index contributed by atoms with van der Waals surface area (Å²) in [7, 11) is 1.80. The minimum Gasteiger partial charge on any atom is -0.386 e. The van der Waals surface area contributed by atoms with E-state index < -0.39 is 5.60 Å². The second-order valence-corrected chi connectivity index (χ2v) is 4.86. The van der Waals surface area contributed by atoms with E-state index in [-0.39, 0.29) is 5.91 Å². The second-order valence-electron chi connectivity index (χ2n) is 4.86. The number of amides is 1. The largest absolute Gasteiger partial charge is 0.386 e. The van der Waals surface area contributed by atoms with Crippen molar-refractivity contribution in [1.29, 1.82) is 0 Å². The van der Waals surface area contributed by atoms with E-state index >= 15 is 0 Å². The van der Waals surface area contributed by atoms with Gasteiger partial charge < -0.3 is 10.0 Å². The first-order valence-corrected chi connectivity index (χ1v) is 5.52. The van der Waals surface area contributed by atoms with Crippen molar-refractivity contribution in [3.05, 3.63) is 29.3 Å². The molecule has 1 heterocycles. The van der Waals surface area contributed by atoms with Gasteiger partial charge in [-0.05, 0) is 37.5 Å². The number of hydrogen-bond donors (Lipinski definition) is 1.